The summed E-state index contributed by atoms with van der Waals surface area (Å²) in [5.74, 6) is 0.870. The zero-order valence-corrected chi connectivity index (χ0v) is 43.4. The number of nitrogens with one attached hydrogen (secondary N) is 3. The number of carbonyl (C=O) groups excluding carboxylic acids is 4. The van der Waals surface area contributed by atoms with E-state index in [0.717, 1.165) is 107 Å². The van der Waals surface area contributed by atoms with Gasteiger partial charge in [0.2, 0.25) is 17.8 Å². The Balaban J connectivity index is 0.674. The molecule has 1 unspecified atom stereocenters. The third kappa shape index (κ3) is 9.68. The maximum Gasteiger partial charge on any atom is 0.262 e. The van der Waals surface area contributed by atoms with Crippen molar-refractivity contribution < 1.29 is 28.5 Å². The van der Waals surface area contributed by atoms with Crippen LogP contribution in [0.1, 0.15) is 83.6 Å². The maximum absolute atomic E-state index is 13.6. The molecule has 18 nitrogen and oxygen atoms in total. The van der Waals surface area contributed by atoms with Crippen LogP contribution < -0.4 is 35.8 Å². The molecular formula is C52H60BrN12O6P. The SMILES string of the molecule is COc1cc(N2CCC(N3CCC(CN4CCN(c5ccc6c(c5)C(=O)N(C5CCC(=O)NC5=O)C6=O)CC4)CC3)CC2)c(C2CC2)cc1Nc1ncc(Br)c(Nc2ccc3nccnc3c2P(C)(C)=O)n1. The first kappa shape index (κ1) is 48.3. The summed E-state index contributed by atoms with van der Waals surface area (Å²) in [5.41, 5.74) is 6.85. The first-order chi connectivity index (χ1) is 34.8. The number of piperidine rings is 3. The van der Waals surface area contributed by atoms with E-state index in [-0.39, 0.29) is 18.7 Å². The lowest BCUT2D eigenvalue weighted by Gasteiger charge is -2.44. The van der Waals surface area contributed by atoms with E-state index < -0.39 is 30.9 Å². The molecule has 376 valence electrons. The summed E-state index contributed by atoms with van der Waals surface area (Å²) in [6, 6.07) is 13.2. The van der Waals surface area contributed by atoms with Crippen molar-refractivity contribution in [3.05, 3.63) is 82.2 Å². The van der Waals surface area contributed by atoms with E-state index in [4.69, 9.17) is 9.72 Å². The second-order valence-corrected chi connectivity index (χ2v) is 24.4. The van der Waals surface area contributed by atoms with Crippen LogP contribution >= 0.6 is 23.1 Å². The first-order valence-corrected chi connectivity index (χ1v) is 28.6. The van der Waals surface area contributed by atoms with Crippen LogP contribution in [0, 0.1) is 5.92 Å². The molecule has 3 aromatic carbocycles. The fraction of sp³-hybridized carbons (Fsp3) is 0.462. The molecule has 5 aromatic rings. The minimum absolute atomic E-state index is 0.0974. The van der Waals surface area contributed by atoms with Gasteiger partial charge in [-0.3, -0.25) is 44.3 Å². The largest absolute Gasteiger partial charge is 0.494 e. The average molecular weight is 1060 g/mol. The van der Waals surface area contributed by atoms with E-state index in [1.165, 1.54) is 24.1 Å². The number of benzene rings is 3. The average Bonchev–Trinajstić information content (AvgIpc) is 4.20. The van der Waals surface area contributed by atoms with Crippen molar-refractivity contribution in [1.82, 2.24) is 40.0 Å². The van der Waals surface area contributed by atoms with Gasteiger partial charge in [0.15, 0.2) is 0 Å². The number of aromatic nitrogens is 4. The number of nitrogens with zero attached hydrogens (tertiary/aromatic N) is 9. The monoisotopic (exact) mass is 1060 g/mol. The number of amides is 4. The van der Waals surface area contributed by atoms with Crippen LogP contribution in [0.3, 0.4) is 0 Å². The fourth-order valence-corrected chi connectivity index (χ4v) is 13.1. The van der Waals surface area contributed by atoms with Crippen molar-refractivity contribution >= 4 is 97.6 Å². The Hall–Kier alpha value is -6.01. The second-order valence-electron chi connectivity index (χ2n) is 20.4. The van der Waals surface area contributed by atoms with Crippen LogP contribution in [0.5, 0.6) is 5.75 Å². The Kier molecular flexibility index (Phi) is 13.3. The van der Waals surface area contributed by atoms with Gasteiger partial charge in [0.05, 0.1) is 44.9 Å². The lowest BCUT2D eigenvalue weighted by Crippen LogP contribution is -2.54. The van der Waals surface area contributed by atoms with Crippen molar-refractivity contribution in [3.63, 3.8) is 0 Å². The summed E-state index contributed by atoms with van der Waals surface area (Å²) in [5, 5.41) is 9.75. The smallest absolute Gasteiger partial charge is 0.262 e. The maximum atomic E-state index is 13.6. The van der Waals surface area contributed by atoms with E-state index in [0.29, 0.717) is 67.3 Å². The van der Waals surface area contributed by atoms with Crippen molar-refractivity contribution in [2.45, 2.75) is 69.4 Å². The molecule has 20 heteroatoms. The van der Waals surface area contributed by atoms with E-state index >= 15 is 0 Å². The van der Waals surface area contributed by atoms with Crippen molar-refractivity contribution in [1.29, 1.82) is 0 Å². The summed E-state index contributed by atoms with van der Waals surface area (Å²) in [6.45, 7) is 12.3. The summed E-state index contributed by atoms with van der Waals surface area (Å²) < 4.78 is 20.3. The molecule has 4 saturated heterocycles. The van der Waals surface area contributed by atoms with Crippen LogP contribution in [-0.2, 0) is 14.2 Å². The van der Waals surface area contributed by atoms with Crippen molar-refractivity contribution in [2.24, 2.45) is 5.92 Å². The molecule has 11 rings (SSSR count). The highest BCUT2D eigenvalue weighted by atomic mass is 79.9. The third-order valence-corrected chi connectivity index (χ3v) is 17.5. The number of likely N-dealkylation sites (tertiary alicyclic amines) is 1. The number of carbonyl (C=O) groups is 4. The van der Waals surface area contributed by atoms with E-state index in [1.54, 1.807) is 51.2 Å². The number of fused-ring (bicyclic) bond motifs is 2. The number of halogens is 1. The van der Waals surface area contributed by atoms with E-state index in [1.807, 2.05) is 18.2 Å². The van der Waals surface area contributed by atoms with Crippen LogP contribution in [0.2, 0.25) is 0 Å². The molecule has 5 aliphatic heterocycles. The highest BCUT2D eigenvalue weighted by Gasteiger charge is 2.45. The quantitative estimate of drug-likeness (QED) is 0.0830. The molecule has 2 aromatic heterocycles. The number of rotatable bonds is 13. The first-order valence-electron chi connectivity index (χ1n) is 25.2. The molecule has 0 bridgehead atoms. The number of anilines is 6. The molecule has 7 heterocycles. The predicted octanol–water partition coefficient (Wildman–Crippen LogP) is 6.71. The van der Waals surface area contributed by atoms with Gasteiger partial charge in [-0.05, 0) is 141 Å². The van der Waals surface area contributed by atoms with Gasteiger partial charge in [-0.15, -0.1) is 0 Å². The van der Waals surface area contributed by atoms with Crippen LogP contribution in [-0.4, -0.2) is 150 Å². The molecule has 1 atom stereocenters. The molecule has 4 amide bonds. The second kappa shape index (κ2) is 19.8. The number of methoxy groups -OCH3 is 1. The molecule has 3 N–H and O–H groups in total. The Labute approximate surface area is 427 Å². The Morgan fingerprint density at radius 2 is 1.53 bits per heavy atom. The Bertz CT molecular complexity index is 3020. The molecule has 0 radical (unpaired) electrons. The van der Waals surface area contributed by atoms with Gasteiger partial charge in [0, 0.05) is 94.3 Å². The minimum Gasteiger partial charge on any atom is -0.494 e. The number of ether oxygens (including phenoxy) is 1. The zero-order valence-electron chi connectivity index (χ0n) is 40.9. The van der Waals surface area contributed by atoms with Crippen LogP contribution in [0.4, 0.5) is 34.5 Å². The number of hydrogen-bond acceptors (Lipinski definition) is 16. The van der Waals surface area contributed by atoms with Gasteiger partial charge in [0.25, 0.3) is 11.8 Å². The molecule has 0 spiro atoms. The van der Waals surface area contributed by atoms with Crippen molar-refractivity contribution in [3.8, 4) is 5.75 Å². The van der Waals surface area contributed by atoms with Gasteiger partial charge in [-0.1, -0.05) is 0 Å². The van der Waals surface area contributed by atoms with Gasteiger partial charge in [-0.2, -0.15) is 4.98 Å². The van der Waals surface area contributed by atoms with E-state index in [9.17, 15) is 23.7 Å². The summed E-state index contributed by atoms with van der Waals surface area (Å²) in [7, 11) is -1.08. The molecule has 1 aliphatic carbocycles. The topological polar surface area (TPSA) is 198 Å². The lowest BCUT2D eigenvalue weighted by molar-refractivity contribution is -0.136. The number of hydrogen-bond donors (Lipinski definition) is 3. The highest BCUT2D eigenvalue weighted by Crippen LogP contribution is 2.49. The highest BCUT2D eigenvalue weighted by molar-refractivity contribution is 9.10. The molecule has 6 aliphatic rings. The van der Waals surface area contributed by atoms with Gasteiger partial charge >= 0.3 is 0 Å². The summed E-state index contributed by atoms with van der Waals surface area (Å²) >= 11 is 3.62. The summed E-state index contributed by atoms with van der Waals surface area (Å²) in [6.07, 6.45) is 12.1. The fourth-order valence-electron chi connectivity index (χ4n) is 11.5. The van der Waals surface area contributed by atoms with Crippen molar-refractivity contribution in [2.75, 3.05) is 99.8 Å². The molecule has 72 heavy (non-hydrogen) atoms. The van der Waals surface area contributed by atoms with Gasteiger partial charge in [0.1, 0.15) is 30.3 Å². The Morgan fingerprint density at radius 3 is 2.25 bits per heavy atom. The van der Waals surface area contributed by atoms with Crippen LogP contribution in [0.25, 0.3) is 11.0 Å². The lowest BCUT2D eigenvalue weighted by atomic mass is 9.92. The number of imide groups is 2. The molecule has 5 fully saturated rings. The minimum atomic E-state index is -2.78. The molecular weight excluding hydrogens is 1000 g/mol. The Morgan fingerprint density at radius 1 is 0.778 bits per heavy atom. The van der Waals surface area contributed by atoms with Gasteiger partial charge < -0.3 is 34.6 Å². The number of piperazine rings is 1. The van der Waals surface area contributed by atoms with Gasteiger partial charge in [-0.25, -0.2) is 4.98 Å². The zero-order chi connectivity index (χ0) is 49.8. The van der Waals surface area contributed by atoms with E-state index in [2.05, 4.69) is 78.6 Å². The van der Waals surface area contributed by atoms with Crippen LogP contribution in [0.15, 0.2) is 65.5 Å². The third-order valence-electron chi connectivity index (χ3n) is 15.4. The standard InChI is InChI=1S/C52H60BrN12O6P/c1-71-44-28-43(36(32-4-5-32)27-41(44)58-52-56-29-38(53)48(60-52)57-40-9-8-39-46(55-17-16-54-39)47(40)72(2,3)70)64-20-14-33(15-21-64)62-18-12-31(13-19-62)30-61-22-24-63(25-23-61)34-6-7-35-37(26-34)51(69)65(50(35)68)42-10-11-45(66)59-49(42)67/h6-9,16-17,26-29,31-33,42H,4-5,10-15,18-25,30H2,1-3H3,(H,59,66,67)(H2,56,57,58,60). The summed E-state index contributed by atoms with van der Waals surface area (Å²) in [4.78, 5) is 80.5. The normalized spacial score (nSPS) is 20.8. The molecule has 1 saturated carbocycles. The predicted molar refractivity (Wildman–Crippen MR) is 281 cm³/mol.